The van der Waals surface area contributed by atoms with Gasteiger partial charge in [-0.25, -0.2) is 0 Å². The number of carbonyl (C=O) groups is 2. The van der Waals surface area contributed by atoms with Gasteiger partial charge in [0.15, 0.2) is 0 Å². The third-order valence-corrected chi connectivity index (χ3v) is 3.49. The summed E-state index contributed by atoms with van der Waals surface area (Å²) in [5, 5.41) is 5.71. The van der Waals surface area contributed by atoms with Gasteiger partial charge in [-0.2, -0.15) is 0 Å². The zero-order valence-electron chi connectivity index (χ0n) is 12.9. The molecular weight excluding hydrogens is 316 g/mol. The molecule has 2 aromatic rings. The Labute approximate surface area is 139 Å². The van der Waals surface area contributed by atoms with Crippen molar-refractivity contribution in [3.05, 3.63) is 58.6 Å². The summed E-state index contributed by atoms with van der Waals surface area (Å²) in [6, 6.07) is 12.2. The molecule has 2 rings (SSSR count). The Balaban J connectivity index is 1.90. The molecule has 120 valence electrons. The summed E-state index contributed by atoms with van der Waals surface area (Å²) in [6.45, 7) is 2.06. The van der Waals surface area contributed by atoms with Crippen LogP contribution in [-0.2, 0) is 16.1 Å². The Morgan fingerprint density at radius 3 is 2.39 bits per heavy atom. The third-order valence-electron chi connectivity index (χ3n) is 3.26. The van der Waals surface area contributed by atoms with Crippen molar-refractivity contribution in [1.82, 2.24) is 5.32 Å². The van der Waals surface area contributed by atoms with Crippen LogP contribution in [0.15, 0.2) is 42.5 Å². The number of ether oxygens (including phenoxy) is 1. The Morgan fingerprint density at radius 2 is 1.78 bits per heavy atom. The molecule has 6 heteroatoms. The molecule has 0 atom stereocenters. The van der Waals surface area contributed by atoms with E-state index in [4.69, 9.17) is 16.3 Å². The lowest BCUT2D eigenvalue weighted by molar-refractivity contribution is -0.136. The van der Waals surface area contributed by atoms with Crippen molar-refractivity contribution in [2.24, 2.45) is 0 Å². The number of amides is 2. The van der Waals surface area contributed by atoms with E-state index in [1.54, 1.807) is 44.4 Å². The minimum Gasteiger partial charge on any atom is -0.497 e. The first-order valence-electron chi connectivity index (χ1n) is 6.98. The van der Waals surface area contributed by atoms with E-state index in [0.717, 1.165) is 16.9 Å². The maximum Gasteiger partial charge on any atom is 0.313 e. The average Bonchev–Trinajstić information content (AvgIpc) is 2.55. The quantitative estimate of drug-likeness (QED) is 0.846. The van der Waals surface area contributed by atoms with Gasteiger partial charge < -0.3 is 15.4 Å². The normalized spacial score (nSPS) is 10.0. The van der Waals surface area contributed by atoms with E-state index in [9.17, 15) is 9.59 Å². The lowest BCUT2D eigenvalue weighted by Gasteiger charge is -2.09. The van der Waals surface area contributed by atoms with Crippen LogP contribution in [0, 0.1) is 6.92 Å². The Hall–Kier alpha value is -2.53. The second-order valence-electron chi connectivity index (χ2n) is 4.94. The molecule has 0 aliphatic heterocycles. The molecule has 0 unspecified atom stereocenters. The van der Waals surface area contributed by atoms with Crippen LogP contribution in [0.5, 0.6) is 5.75 Å². The molecule has 0 heterocycles. The van der Waals surface area contributed by atoms with Gasteiger partial charge in [0.1, 0.15) is 5.75 Å². The number of aryl methyl sites for hydroxylation is 1. The largest absolute Gasteiger partial charge is 0.497 e. The molecule has 0 spiro atoms. The van der Waals surface area contributed by atoms with E-state index in [1.807, 2.05) is 12.1 Å². The zero-order valence-corrected chi connectivity index (χ0v) is 13.6. The highest BCUT2D eigenvalue weighted by molar-refractivity contribution is 6.39. The fraction of sp³-hybridized carbons (Fsp3) is 0.176. The molecule has 2 N–H and O–H groups in total. The van der Waals surface area contributed by atoms with Gasteiger partial charge in [0.05, 0.1) is 7.11 Å². The van der Waals surface area contributed by atoms with E-state index in [2.05, 4.69) is 10.6 Å². The summed E-state index contributed by atoms with van der Waals surface area (Å²) in [5.74, 6) is -0.685. The predicted octanol–water partition coefficient (Wildman–Crippen LogP) is 2.91. The fourth-order valence-electron chi connectivity index (χ4n) is 1.95. The topological polar surface area (TPSA) is 67.4 Å². The van der Waals surface area contributed by atoms with Gasteiger partial charge in [-0.15, -0.1) is 0 Å². The van der Waals surface area contributed by atoms with Crippen LogP contribution in [0.2, 0.25) is 5.02 Å². The smallest absolute Gasteiger partial charge is 0.313 e. The monoisotopic (exact) mass is 332 g/mol. The molecule has 2 aromatic carbocycles. The van der Waals surface area contributed by atoms with Crippen LogP contribution in [0.25, 0.3) is 0 Å². The van der Waals surface area contributed by atoms with E-state index in [0.29, 0.717) is 10.7 Å². The highest BCUT2D eigenvalue weighted by atomic mass is 35.5. The van der Waals surface area contributed by atoms with Gasteiger partial charge in [-0.3, -0.25) is 9.59 Å². The van der Waals surface area contributed by atoms with Crippen molar-refractivity contribution in [2.75, 3.05) is 12.4 Å². The lowest BCUT2D eigenvalue weighted by Crippen LogP contribution is -2.35. The Morgan fingerprint density at radius 1 is 1.09 bits per heavy atom. The van der Waals surface area contributed by atoms with Gasteiger partial charge >= 0.3 is 11.8 Å². The molecule has 0 radical (unpaired) electrons. The van der Waals surface area contributed by atoms with E-state index in [-0.39, 0.29) is 6.54 Å². The molecule has 0 bridgehead atoms. The fourth-order valence-corrected chi connectivity index (χ4v) is 2.18. The van der Waals surface area contributed by atoms with Gasteiger partial charge in [-0.05, 0) is 48.4 Å². The first-order valence-corrected chi connectivity index (χ1v) is 7.35. The molecule has 0 fully saturated rings. The maximum atomic E-state index is 11.9. The van der Waals surface area contributed by atoms with Gasteiger partial charge in [-0.1, -0.05) is 23.7 Å². The second kappa shape index (κ2) is 7.65. The van der Waals surface area contributed by atoms with Crippen LogP contribution in [0.4, 0.5) is 5.69 Å². The van der Waals surface area contributed by atoms with E-state index >= 15 is 0 Å². The SMILES string of the molecule is COc1ccc(CNC(=O)C(=O)Nc2ccc(Cl)cc2C)cc1. The molecule has 0 aliphatic rings. The number of rotatable bonds is 4. The van der Waals surface area contributed by atoms with Gasteiger partial charge in [0, 0.05) is 17.3 Å². The molecule has 5 nitrogen and oxygen atoms in total. The molecule has 2 amide bonds. The standard InChI is InChI=1S/C17H17ClN2O3/c1-11-9-13(18)5-8-15(11)20-17(22)16(21)19-10-12-3-6-14(23-2)7-4-12/h3-9H,10H2,1-2H3,(H,19,21)(H,20,22). The molecule has 0 aromatic heterocycles. The highest BCUT2D eigenvalue weighted by Crippen LogP contribution is 2.19. The molecular formula is C17H17ClN2O3. The van der Waals surface area contributed by atoms with Crippen LogP contribution in [0.3, 0.4) is 0 Å². The Kier molecular flexibility index (Phi) is 5.60. The molecule has 0 aliphatic carbocycles. The second-order valence-corrected chi connectivity index (χ2v) is 5.38. The first kappa shape index (κ1) is 16.8. The van der Waals surface area contributed by atoms with Crippen molar-refractivity contribution in [3.8, 4) is 5.75 Å². The van der Waals surface area contributed by atoms with Gasteiger partial charge in [0.25, 0.3) is 0 Å². The van der Waals surface area contributed by atoms with Crippen molar-refractivity contribution in [1.29, 1.82) is 0 Å². The third kappa shape index (κ3) is 4.72. The van der Waals surface area contributed by atoms with Crippen molar-refractivity contribution >= 4 is 29.1 Å². The summed E-state index contributed by atoms with van der Waals surface area (Å²) in [6.07, 6.45) is 0. The summed E-state index contributed by atoms with van der Waals surface area (Å²) < 4.78 is 5.06. The number of carbonyl (C=O) groups excluding carboxylic acids is 2. The zero-order chi connectivity index (χ0) is 16.8. The maximum absolute atomic E-state index is 11.9. The number of hydrogen-bond donors (Lipinski definition) is 2. The summed E-state index contributed by atoms with van der Waals surface area (Å²) >= 11 is 5.85. The van der Waals surface area contributed by atoms with Crippen molar-refractivity contribution in [3.63, 3.8) is 0 Å². The number of nitrogens with one attached hydrogen (secondary N) is 2. The van der Waals surface area contributed by atoms with Gasteiger partial charge in [0.2, 0.25) is 0 Å². The number of methoxy groups -OCH3 is 1. The van der Waals surface area contributed by atoms with Crippen LogP contribution >= 0.6 is 11.6 Å². The summed E-state index contributed by atoms with van der Waals surface area (Å²) in [4.78, 5) is 23.7. The minimum atomic E-state index is -0.719. The van der Waals surface area contributed by atoms with Crippen LogP contribution in [-0.4, -0.2) is 18.9 Å². The number of halogens is 1. The molecule has 0 saturated heterocycles. The minimum absolute atomic E-state index is 0.260. The molecule has 0 saturated carbocycles. The highest BCUT2D eigenvalue weighted by Gasteiger charge is 2.14. The summed E-state index contributed by atoms with van der Waals surface area (Å²) in [5.41, 5.74) is 2.21. The van der Waals surface area contributed by atoms with Crippen molar-refractivity contribution in [2.45, 2.75) is 13.5 Å². The predicted molar refractivity (Wildman–Crippen MR) is 89.7 cm³/mol. The first-order chi connectivity index (χ1) is 11.0. The van der Waals surface area contributed by atoms with Crippen LogP contribution < -0.4 is 15.4 Å². The number of hydrogen-bond acceptors (Lipinski definition) is 3. The Bertz CT molecular complexity index is 714. The number of benzene rings is 2. The van der Waals surface area contributed by atoms with E-state index in [1.165, 1.54) is 0 Å². The summed E-state index contributed by atoms with van der Waals surface area (Å²) in [7, 11) is 1.58. The molecule has 23 heavy (non-hydrogen) atoms. The van der Waals surface area contributed by atoms with Crippen LogP contribution in [0.1, 0.15) is 11.1 Å². The lowest BCUT2D eigenvalue weighted by atomic mass is 10.2. The van der Waals surface area contributed by atoms with E-state index < -0.39 is 11.8 Å². The number of anilines is 1. The van der Waals surface area contributed by atoms with Crippen molar-refractivity contribution < 1.29 is 14.3 Å². The average molecular weight is 333 g/mol.